The van der Waals surface area contributed by atoms with Crippen molar-refractivity contribution < 1.29 is 22.8 Å². The Bertz CT molecular complexity index is 1350. The van der Waals surface area contributed by atoms with E-state index in [2.05, 4.69) is 10.3 Å². The molecule has 4 rings (SSSR count). The number of carbonyl (C=O) groups is 3. The normalized spacial score (nSPS) is 14.3. The van der Waals surface area contributed by atoms with E-state index in [0.717, 1.165) is 18.5 Å². The molecule has 0 spiro atoms. The number of aromatic nitrogens is 1. The first kappa shape index (κ1) is 23.8. The molecule has 3 aromatic rings. The molecule has 0 aliphatic carbocycles. The van der Waals surface area contributed by atoms with E-state index < -0.39 is 21.8 Å². The summed E-state index contributed by atoms with van der Waals surface area (Å²) in [5.74, 6) is -1.09. The van der Waals surface area contributed by atoms with Crippen molar-refractivity contribution in [2.75, 3.05) is 18.0 Å². The van der Waals surface area contributed by atoms with Gasteiger partial charge in [0.25, 0.3) is 15.9 Å². The van der Waals surface area contributed by atoms with E-state index in [1.54, 1.807) is 47.4 Å². The number of hydrogen-bond acceptors (Lipinski definition) is 5. The van der Waals surface area contributed by atoms with E-state index in [-0.39, 0.29) is 23.9 Å². The fraction of sp³-hybridized carbons (Fsp3) is 0.261. The number of piperidine rings is 1. The lowest BCUT2D eigenvalue weighted by molar-refractivity contribution is -0.120. The number of nitrogens with one attached hydrogen (secondary N) is 3. The number of amides is 3. The zero-order valence-corrected chi connectivity index (χ0v) is 19.7. The lowest BCUT2D eigenvalue weighted by atomic mass is 10.1. The minimum absolute atomic E-state index is 0.0468. The lowest BCUT2D eigenvalue weighted by Gasteiger charge is -2.26. The van der Waals surface area contributed by atoms with Gasteiger partial charge in [-0.15, -0.1) is 0 Å². The molecule has 0 saturated carbocycles. The number of aromatic amines is 1. The van der Waals surface area contributed by atoms with Crippen molar-refractivity contribution in [1.82, 2.24) is 15.0 Å². The first-order valence-corrected chi connectivity index (χ1v) is 12.6. The third-order valence-electron chi connectivity index (χ3n) is 5.50. The lowest BCUT2D eigenvalue weighted by Crippen LogP contribution is -2.35. The van der Waals surface area contributed by atoms with E-state index in [1.807, 2.05) is 4.72 Å². The molecule has 1 aliphatic rings. The minimum Gasteiger partial charge on any atom is -0.352 e. The molecule has 1 aromatic heterocycles. The van der Waals surface area contributed by atoms with Crippen LogP contribution in [0.1, 0.15) is 36.0 Å². The Hall–Kier alpha value is -3.37. The van der Waals surface area contributed by atoms with Crippen molar-refractivity contribution in [3.05, 3.63) is 59.1 Å². The zero-order valence-electron chi connectivity index (χ0n) is 18.1. The van der Waals surface area contributed by atoms with Gasteiger partial charge < -0.3 is 15.2 Å². The van der Waals surface area contributed by atoms with Crippen molar-refractivity contribution in [3.8, 4) is 0 Å². The summed E-state index contributed by atoms with van der Waals surface area (Å²) in [5.41, 5.74) is 1.64. The third kappa shape index (κ3) is 5.40. The standard InChI is InChI=1S/C23H23ClN4O5S/c24-17-7-4-16-13-21(26-19(16)14-17)34(32,33)27-20(29)10-11-25-23(31)15-5-8-18(9-6-15)28-12-2-1-3-22(28)30/h4-9,13-14,26H,1-3,10-12H2,(H,25,31)(H,27,29). The van der Waals surface area contributed by atoms with E-state index in [0.29, 0.717) is 34.5 Å². The van der Waals surface area contributed by atoms with Crippen LogP contribution in [0.15, 0.2) is 53.6 Å². The molecule has 2 heterocycles. The van der Waals surface area contributed by atoms with Gasteiger partial charge in [0.1, 0.15) is 0 Å². The summed E-state index contributed by atoms with van der Waals surface area (Å²) in [6.45, 7) is 0.615. The maximum atomic E-state index is 12.5. The number of carbonyl (C=O) groups excluding carboxylic acids is 3. The Kier molecular flexibility index (Phi) is 6.90. The predicted molar refractivity (Wildman–Crippen MR) is 128 cm³/mol. The monoisotopic (exact) mass is 502 g/mol. The van der Waals surface area contributed by atoms with Crippen LogP contribution >= 0.6 is 11.6 Å². The fourth-order valence-corrected chi connectivity index (χ4v) is 4.95. The number of nitrogens with zero attached hydrogens (tertiary/aromatic N) is 1. The van der Waals surface area contributed by atoms with Crippen LogP contribution in [-0.4, -0.2) is 44.2 Å². The Morgan fingerprint density at radius 1 is 1.06 bits per heavy atom. The first-order chi connectivity index (χ1) is 16.2. The number of benzene rings is 2. The summed E-state index contributed by atoms with van der Waals surface area (Å²) in [7, 11) is -4.10. The quantitative estimate of drug-likeness (QED) is 0.457. The Labute approximate surface area is 201 Å². The molecule has 1 fully saturated rings. The molecule has 1 saturated heterocycles. The Balaban J connectivity index is 1.29. The molecule has 0 radical (unpaired) electrons. The molecule has 9 nitrogen and oxygen atoms in total. The molecular weight excluding hydrogens is 480 g/mol. The number of fused-ring (bicyclic) bond motifs is 1. The van der Waals surface area contributed by atoms with Crippen LogP contribution in [0.3, 0.4) is 0 Å². The summed E-state index contributed by atoms with van der Waals surface area (Å²) in [6, 6.07) is 12.9. The second-order valence-electron chi connectivity index (χ2n) is 7.95. The highest BCUT2D eigenvalue weighted by Crippen LogP contribution is 2.23. The highest BCUT2D eigenvalue weighted by Gasteiger charge is 2.21. The van der Waals surface area contributed by atoms with Crippen molar-refractivity contribution in [2.45, 2.75) is 30.7 Å². The van der Waals surface area contributed by atoms with Gasteiger partial charge in [-0.2, -0.15) is 8.42 Å². The number of anilines is 1. The topological polar surface area (TPSA) is 128 Å². The summed E-state index contributed by atoms with van der Waals surface area (Å²) in [4.78, 5) is 41.0. The average Bonchev–Trinajstić information content (AvgIpc) is 3.23. The van der Waals surface area contributed by atoms with Gasteiger partial charge in [0.2, 0.25) is 11.8 Å². The molecule has 2 aromatic carbocycles. The first-order valence-electron chi connectivity index (χ1n) is 10.8. The number of H-pyrrole nitrogens is 1. The second kappa shape index (κ2) is 9.86. The number of halogens is 1. The van der Waals surface area contributed by atoms with Gasteiger partial charge in [0.05, 0.1) is 0 Å². The largest absolute Gasteiger partial charge is 0.352 e. The number of sulfonamides is 1. The number of hydrogen-bond donors (Lipinski definition) is 3. The van der Waals surface area contributed by atoms with Crippen LogP contribution in [0.25, 0.3) is 10.9 Å². The fourth-order valence-electron chi connectivity index (χ4n) is 3.74. The van der Waals surface area contributed by atoms with Crippen LogP contribution < -0.4 is 14.9 Å². The molecule has 1 aliphatic heterocycles. The van der Waals surface area contributed by atoms with E-state index in [1.165, 1.54) is 6.07 Å². The summed E-state index contributed by atoms with van der Waals surface area (Å²) >= 11 is 5.91. The zero-order chi connectivity index (χ0) is 24.3. The molecule has 0 atom stereocenters. The van der Waals surface area contributed by atoms with Crippen molar-refractivity contribution in [1.29, 1.82) is 0 Å². The minimum atomic E-state index is -4.10. The van der Waals surface area contributed by atoms with Gasteiger partial charge in [-0.3, -0.25) is 14.4 Å². The molecule has 0 bridgehead atoms. The third-order valence-corrected chi connectivity index (χ3v) is 7.03. The molecule has 3 amide bonds. The highest BCUT2D eigenvalue weighted by molar-refractivity contribution is 7.90. The van der Waals surface area contributed by atoms with Crippen molar-refractivity contribution >= 4 is 55.9 Å². The maximum absolute atomic E-state index is 12.5. The van der Waals surface area contributed by atoms with Crippen molar-refractivity contribution in [3.63, 3.8) is 0 Å². The van der Waals surface area contributed by atoms with Gasteiger partial charge in [-0.05, 0) is 55.3 Å². The summed E-state index contributed by atoms with van der Waals surface area (Å²) < 4.78 is 27.0. The molecule has 178 valence electrons. The molecular formula is C23H23ClN4O5S. The molecule has 11 heteroatoms. The SMILES string of the molecule is O=C(CCNC(=O)c1ccc(N2CCCCC2=O)cc1)NS(=O)(=O)c1cc2ccc(Cl)cc2[nH]1. The van der Waals surface area contributed by atoms with Gasteiger partial charge in [-0.25, -0.2) is 4.72 Å². The van der Waals surface area contributed by atoms with E-state index in [9.17, 15) is 22.8 Å². The van der Waals surface area contributed by atoms with Gasteiger partial charge in [0.15, 0.2) is 5.03 Å². The van der Waals surface area contributed by atoms with Crippen LogP contribution in [-0.2, 0) is 19.6 Å². The van der Waals surface area contributed by atoms with E-state index in [4.69, 9.17) is 11.6 Å². The predicted octanol–water partition coefficient (Wildman–Crippen LogP) is 2.96. The maximum Gasteiger partial charge on any atom is 0.279 e. The Morgan fingerprint density at radius 3 is 2.56 bits per heavy atom. The average molecular weight is 503 g/mol. The highest BCUT2D eigenvalue weighted by atomic mass is 35.5. The Morgan fingerprint density at radius 2 is 1.82 bits per heavy atom. The van der Waals surface area contributed by atoms with Crippen molar-refractivity contribution in [2.24, 2.45) is 0 Å². The summed E-state index contributed by atoms with van der Waals surface area (Å²) in [6.07, 6.45) is 2.13. The van der Waals surface area contributed by atoms with Crippen LogP contribution in [0.2, 0.25) is 5.02 Å². The summed E-state index contributed by atoms with van der Waals surface area (Å²) in [5, 5.41) is 3.53. The van der Waals surface area contributed by atoms with E-state index >= 15 is 0 Å². The van der Waals surface area contributed by atoms with Crippen LogP contribution in [0.5, 0.6) is 0 Å². The number of rotatable bonds is 7. The molecule has 0 unspecified atom stereocenters. The van der Waals surface area contributed by atoms with Gasteiger partial charge in [-0.1, -0.05) is 17.7 Å². The van der Waals surface area contributed by atoms with Gasteiger partial charge >= 0.3 is 0 Å². The van der Waals surface area contributed by atoms with Gasteiger partial charge in [0, 0.05) is 53.1 Å². The van der Waals surface area contributed by atoms with Crippen LogP contribution in [0.4, 0.5) is 5.69 Å². The molecule has 34 heavy (non-hydrogen) atoms. The second-order valence-corrected chi connectivity index (χ2v) is 10.0. The van der Waals surface area contributed by atoms with Crippen LogP contribution in [0, 0.1) is 0 Å². The smallest absolute Gasteiger partial charge is 0.279 e. The molecule has 3 N–H and O–H groups in total.